The van der Waals surface area contributed by atoms with E-state index in [1.165, 1.54) is 0 Å². The molecule has 0 bridgehead atoms. The zero-order valence-electron chi connectivity index (χ0n) is 10.7. The summed E-state index contributed by atoms with van der Waals surface area (Å²) in [6.07, 6.45) is 0.158. The first kappa shape index (κ1) is 15.4. The first-order valence-electron chi connectivity index (χ1n) is 5.64. The van der Waals surface area contributed by atoms with Gasteiger partial charge in [0.2, 0.25) is 0 Å². The lowest BCUT2D eigenvalue weighted by Gasteiger charge is -2.19. The number of carbonyl (C=O) groups excluding carboxylic acids is 1. The lowest BCUT2D eigenvalue weighted by molar-refractivity contribution is -0.154. The molecule has 0 amide bonds. The molecule has 100 valence electrons. The van der Waals surface area contributed by atoms with Crippen molar-refractivity contribution in [1.29, 1.82) is 0 Å². The molecular weight excluding hydrogens is 316 g/mol. The lowest BCUT2D eigenvalue weighted by Crippen LogP contribution is -2.24. The summed E-state index contributed by atoms with van der Waals surface area (Å²) < 4.78 is 18.0. The highest BCUT2D eigenvalue weighted by molar-refractivity contribution is 9.10. The van der Waals surface area contributed by atoms with Gasteiger partial charge in [-0.05, 0) is 48.8 Å². The van der Waals surface area contributed by atoms with Gasteiger partial charge >= 0.3 is 5.97 Å². The number of carbonyl (C=O) groups is 1. The first-order valence-corrected chi connectivity index (χ1v) is 7.75. The average Bonchev–Trinajstić information content (AvgIpc) is 2.24. The van der Waals surface area contributed by atoms with E-state index in [1.807, 2.05) is 39.0 Å². The highest BCUT2D eigenvalue weighted by Gasteiger charge is 2.17. The topological polar surface area (TPSA) is 43.4 Å². The highest BCUT2D eigenvalue weighted by atomic mass is 79.9. The van der Waals surface area contributed by atoms with Crippen molar-refractivity contribution in [2.24, 2.45) is 0 Å². The fraction of sp³-hybridized carbons (Fsp3) is 0.462. The number of rotatable bonds is 4. The van der Waals surface area contributed by atoms with Gasteiger partial charge in [0.25, 0.3) is 0 Å². The summed E-state index contributed by atoms with van der Waals surface area (Å²) in [4.78, 5) is 12.2. The predicted molar refractivity (Wildman–Crippen MR) is 75.9 cm³/mol. The number of hydrogen-bond donors (Lipinski definition) is 0. The van der Waals surface area contributed by atoms with Crippen LogP contribution in [0.15, 0.2) is 33.6 Å². The van der Waals surface area contributed by atoms with Crippen molar-refractivity contribution >= 4 is 32.7 Å². The first-order chi connectivity index (χ1) is 8.29. The molecule has 5 heteroatoms. The van der Waals surface area contributed by atoms with E-state index < -0.39 is 16.4 Å². The number of ether oxygens (including phenoxy) is 1. The van der Waals surface area contributed by atoms with Gasteiger partial charge in [-0.15, -0.1) is 0 Å². The van der Waals surface area contributed by atoms with Gasteiger partial charge in [-0.25, -0.2) is 0 Å². The summed E-state index contributed by atoms with van der Waals surface area (Å²) in [5.74, 6) is -0.0414. The van der Waals surface area contributed by atoms with Crippen molar-refractivity contribution in [1.82, 2.24) is 0 Å². The van der Waals surface area contributed by atoms with Crippen molar-refractivity contribution in [2.45, 2.75) is 37.7 Å². The van der Waals surface area contributed by atoms with Crippen LogP contribution in [0.25, 0.3) is 0 Å². The molecule has 0 aliphatic rings. The Morgan fingerprint density at radius 2 is 1.94 bits per heavy atom. The number of esters is 1. The molecule has 0 aromatic heterocycles. The van der Waals surface area contributed by atoms with Crippen molar-refractivity contribution in [3.8, 4) is 0 Å². The lowest BCUT2D eigenvalue weighted by atomic mass is 10.2. The molecule has 0 N–H and O–H groups in total. The van der Waals surface area contributed by atoms with Crippen LogP contribution in [0.2, 0.25) is 0 Å². The third-order valence-electron chi connectivity index (χ3n) is 1.99. The summed E-state index contributed by atoms with van der Waals surface area (Å²) in [7, 11) is -1.19. The van der Waals surface area contributed by atoms with Gasteiger partial charge in [0.05, 0.1) is 22.1 Å². The Balaban J connectivity index is 2.52. The zero-order valence-corrected chi connectivity index (χ0v) is 13.1. The zero-order chi connectivity index (χ0) is 13.8. The molecule has 1 aromatic rings. The van der Waals surface area contributed by atoms with Crippen LogP contribution in [0.1, 0.15) is 27.2 Å². The Kier molecular flexibility index (Phi) is 5.53. The Bertz CT molecular complexity index is 452. The summed E-state index contributed by atoms with van der Waals surface area (Å²) in [5, 5.41) is 0. The molecule has 0 radical (unpaired) electrons. The normalized spacial score (nSPS) is 13.1. The maximum atomic E-state index is 12.0. The van der Waals surface area contributed by atoms with Crippen LogP contribution in [0.4, 0.5) is 0 Å². The van der Waals surface area contributed by atoms with Crippen LogP contribution in [-0.2, 0) is 20.3 Å². The molecule has 0 aliphatic carbocycles. The molecule has 18 heavy (non-hydrogen) atoms. The van der Waals surface area contributed by atoms with E-state index in [9.17, 15) is 9.00 Å². The molecule has 0 saturated carbocycles. The number of benzene rings is 1. The maximum Gasteiger partial charge on any atom is 0.307 e. The molecule has 1 aromatic carbocycles. The SMILES string of the molecule is CC(C)(C)OC(=O)CCS(=O)c1ccccc1Br. The van der Waals surface area contributed by atoms with Crippen molar-refractivity contribution in [3.05, 3.63) is 28.7 Å². The van der Waals surface area contributed by atoms with Crippen molar-refractivity contribution in [2.75, 3.05) is 5.75 Å². The van der Waals surface area contributed by atoms with E-state index >= 15 is 0 Å². The Morgan fingerprint density at radius 1 is 1.33 bits per heavy atom. The van der Waals surface area contributed by atoms with Crippen LogP contribution in [0.3, 0.4) is 0 Å². The van der Waals surface area contributed by atoms with Crippen molar-refractivity contribution < 1.29 is 13.7 Å². The van der Waals surface area contributed by atoms with Gasteiger partial charge in [-0.1, -0.05) is 12.1 Å². The molecule has 0 aliphatic heterocycles. The molecule has 0 fully saturated rings. The highest BCUT2D eigenvalue weighted by Crippen LogP contribution is 2.20. The minimum absolute atomic E-state index is 0.158. The Morgan fingerprint density at radius 3 is 2.50 bits per heavy atom. The maximum absolute atomic E-state index is 12.0. The van der Waals surface area contributed by atoms with E-state index in [1.54, 1.807) is 6.07 Å². The molecule has 0 spiro atoms. The summed E-state index contributed by atoms with van der Waals surface area (Å²) in [5.41, 5.74) is -0.494. The minimum atomic E-state index is -1.19. The van der Waals surface area contributed by atoms with E-state index in [-0.39, 0.29) is 18.1 Å². The van der Waals surface area contributed by atoms with E-state index in [0.29, 0.717) is 4.90 Å². The second-order valence-corrected chi connectivity index (χ2v) is 7.21. The Hall–Kier alpha value is -0.680. The van der Waals surface area contributed by atoms with Crippen molar-refractivity contribution in [3.63, 3.8) is 0 Å². The average molecular weight is 333 g/mol. The second kappa shape index (κ2) is 6.48. The monoisotopic (exact) mass is 332 g/mol. The molecule has 0 heterocycles. The summed E-state index contributed by atoms with van der Waals surface area (Å²) in [6, 6.07) is 7.31. The van der Waals surface area contributed by atoms with Crippen LogP contribution in [0, 0.1) is 0 Å². The fourth-order valence-electron chi connectivity index (χ4n) is 1.31. The number of halogens is 1. The largest absolute Gasteiger partial charge is 0.460 e. The predicted octanol–water partition coefficient (Wildman–Crippen LogP) is 3.29. The van der Waals surface area contributed by atoms with Gasteiger partial charge in [-0.3, -0.25) is 9.00 Å². The third kappa shape index (κ3) is 5.31. The quantitative estimate of drug-likeness (QED) is 0.794. The summed E-state index contributed by atoms with van der Waals surface area (Å²) in [6.45, 7) is 5.45. The van der Waals surface area contributed by atoms with Gasteiger partial charge in [-0.2, -0.15) is 0 Å². The van der Waals surface area contributed by atoms with E-state index in [4.69, 9.17) is 4.74 Å². The summed E-state index contributed by atoms with van der Waals surface area (Å²) >= 11 is 3.34. The van der Waals surface area contributed by atoms with Crippen LogP contribution < -0.4 is 0 Å². The van der Waals surface area contributed by atoms with Crippen LogP contribution in [-0.4, -0.2) is 21.5 Å². The van der Waals surface area contributed by atoms with E-state index in [2.05, 4.69) is 15.9 Å². The number of hydrogen-bond acceptors (Lipinski definition) is 3. The Labute approximate surface area is 119 Å². The molecule has 1 rings (SSSR count). The second-order valence-electron chi connectivity index (χ2n) is 4.82. The molecular formula is C13H17BrO3S. The van der Waals surface area contributed by atoms with Gasteiger partial charge in [0.1, 0.15) is 5.60 Å². The molecule has 0 saturated heterocycles. The molecule has 1 unspecified atom stereocenters. The van der Waals surface area contributed by atoms with E-state index in [0.717, 1.165) is 4.47 Å². The smallest absolute Gasteiger partial charge is 0.307 e. The third-order valence-corrected chi connectivity index (χ3v) is 4.37. The van der Waals surface area contributed by atoms with Gasteiger partial charge in [0.15, 0.2) is 0 Å². The van der Waals surface area contributed by atoms with Gasteiger partial charge in [0, 0.05) is 10.2 Å². The standard InChI is InChI=1S/C13H17BrO3S/c1-13(2,3)17-12(15)8-9-18(16)11-7-5-4-6-10(11)14/h4-7H,8-9H2,1-3H3. The fourth-order valence-corrected chi connectivity index (χ4v) is 3.22. The van der Waals surface area contributed by atoms with Crippen LogP contribution in [0.5, 0.6) is 0 Å². The minimum Gasteiger partial charge on any atom is -0.460 e. The van der Waals surface area contributed by atoms with Crippen LogP contribution >= 0.6 is 15.9 Å². The molecule has 3 nitrogen and oxygen atoms in total. The van der Waals surface area contributed by atoms with Gasteiger partial charge < -0.3 is 4.74 Å². The molecule has 1 atom stereocenters.